The predicted molar refractivity (Wildman–Crippen MR) is 124 cm³/mol. The number of nitrogens with zero attached hydrogens (tertiary/aromatic N) is 1. The Kier molecular flexibility index (Phi) is 8.06. The number of esters is 1. The number of carboxylic acid groups (broad SMARTS) is 1. The second-order valence-electron chi connectivity index (χ2n) is 10.7. The summed E-state index contributed by atoms with van der Waals surface area (Å²) in [5.41, 5.74) is -1.99. The molecule has 0 aromatic rings. The normalized spacial score (nSPS) is 33.6. The highest BCUT2D eigenvalue weighted by atomic mass is 16.6. The van der Waals surface area contributed by atoms with Crippen LogP contribution in [0, 0.1) is 11.8 Å². The Labute approximate surface area is 201 Å². The Morgan fingerprint density at radius 1 is 1.24 bits per heavy atom. The lowest BCUT2D eigenvalue weighted by Gasteiger charge is -2.29. The van der Waals surface area contributed by atoms with Crippen LogP contribution >= 0.6 is 0 Å². The SMILES string of the molecule is CO[C@@H]1C[C@H]2C(=O)N[C@]3(C(=O)O)C[C@H]3/C=C\CCCCC[C@H](CC(=O)OC(C)(C)C)C(=O)N2C1. The average Bonchev–Trinajstić information content (AvgIpc) is 3.26. The molecule has 5 atom stereocenters. The summed E-state index contributed by atoms with van der Waals surface area (Å²) in [7, 11) is 1.53. The third kappa shape index (κ3) is 6.17. The molecule has 34 heavy (non-hydrogen) atoms. The molecular weight excluding hydrogens is 440 g/mol. The van der Waals surface area contributed by atoms with E-state index >= 15 is 0 Å². The molecule has 3 rings (SSSR count). The van der Waals surface area contributed by atoms with E-state index < -0.39 is 40.9 Å². The second-order valence-corrected chi connectivity index (χ2v) is 10.7. The number of ether oxygens (including phenoxy) is 2. The molecule has 0 radical (unpaired) electrons. The van der Waals surface area contributed by atoms with Gasteiger partial charge in [0.2, 0.25) is 11.8 Å². The fourth-order valence-corrected chi connectivity index (χ4v) is 4.95. The van der Waals surface area contributed by atoms with Crippen LogP contribution in [0.5, 0.6) is 0 Å². The van der Waals surface area contributed by atoms with E-state index in [9.17, 15) is 24.3 Å². The van der Waals surface area contributed by atoms with Gasteiger partial charge in [-0.15, -0.1) is 0 Å². The van der Waals surface area contributed by atoms with Crippen molar-refractivity contribution in [3.8, 4) is 0 Å². The van der Waals surface area contributed by atoms with Crippen LogP contribution in [-0.4, -0.2) is 70.7 Å². The van der Waals surface area contributed by atoms with Crippen LogP contribution in [0.3, 0.4) is 0 Å². The van der Waals surface area contributed by atoms with Gasteiger partial charge in [0.25, 0.3) is 0 Å². The van der Waals surface area contributed by atoms with Gasteiger partial charge in [-0.25, -0.2) is 4.79 Å². The minimum absolute atomic E-state index is 0.0559. The Morgan fingerprint density at radius 2 is 1.97 bits per heavy atom. The average molecular weight is 479 g/mol. The minimum Gasteiger partial charge on any atom is -0.479 e. The van der Waals surface area contributed by atoms with E-state index in [4.69, 9.17) is 9.47 Å². The molecule has 190 valence electrons. The molecule has 2 N–H and O–H groups in total. The predicted octanol–water partition coefficient (Wildman–Crippen LogP) is 2.43. The number of fused-ring (bicyclic) bond motifs is 2. The number of methoxy groups -OCH3 is 1. The van der Waals surface area contributed by atoms with E-state index in [0.29, 0.717) is 12.8 Å². The molecule has 9 heteroatoms. The molecule has 9 nitrogen and oxygen atoms in total. The van der Waals surface area contributed by atoms with Crippen molar-refractivity contribution in [2.75, 3.05) is 13.7 Å². The van der Waals surface area contributed by atoms with Gasteiger partial charge in [-0.2, -0.15) is 0 Å². The molecule has 0 spiro atoms. The lowest BCUT2D eigenvalue weighted by molar-refractivity contribution is -0.159. The summed E-state index contributed by atoms with van der Waals surface area (Å²) >= 11 is 0. The third-order valence-electron chi connectivity index (χ3n) is 6.90. The number of amides is 2. The first-order valence-corrected chi connectivity index (χ1v) is 12.2. The maximum Gasteiger partial charge on any atom is 0.330 e. The molecular formula is C25H38N2O7. The quantitative estimate of drug-likeness (QED) is 0.470. The fourth-order valence-electron chi connectivity index (χ4n) is 4.95. The Morgan fingerprint density at radius 3 is 2.62 bits per heavy atom. The highest BCUT2D eigenvalue weighted by Gasteiger charge is 2.61. The van der Waals surface area contributed by atoms with Crippen LogP contribution in [0.2, 0.25) is 0 Å². The highest BCUT2D eigenvalue weighted by molar-refractivity contribution is 5.95. The zero-order chi connectivity index (χ0) is 25.1. The van der Waals surface area contributed by atoms with Crippen LogP contribution in [0.4, 0.5) is 0 Å². The number of carbonyl (C=O) groups is 4. The first-order chi connectivity index (χ1) is 16.0. The molecule has 2 fully saturated rings. The van der Waals surface area contributed by atoms with E-state index in [2.05, 4.69) is 5.32 Å². The van der Waals surface area contributed by atoms with Crippen LogP contribution in [0.15, 0.2) is 12.2 Å². The summed E-state index contributed by atoms with van der Waals surface area (Å²) in [6.45, 7) is 5.57. The zero-order valence-corrected chi connectivity index (χ0v) is 20.7. The van der Waals surface area contributed by atoms with Crippen molar-refractivity contribution < 1.29 is 33.8 Å². The monoisotopic (exact) mass is 478 g/mol. The molecule has 0 unspecified atom stereocenters. The highest BCUT2D eigenvalue weighted by Crippen LogP contribution is 2.45. The van der Waals surface area contributed by atoms with Gasteiger partial charge >= 0.3 is 11.9 Å². The van der Waals surface area contributed by atoms with Crippen molar-refractivity contribution in [2.24, 2.45) is 11.8 Å². The van der Waals surface area contributed by atoms with Crippen LogP contribution < -0.4 is 5.32 Å². The number of hydrogen-bond donors (Lipinski definition) is 2. The first kappa shape index (κ1) is 26.2. The molecule has 0 aromatic heterocycles. The molecule has 1 saturated heterocycles. The van der Waals surface area contributed by atoms with Crippen molar-refractivity contribution in [1.82, 2.24) is 10.2 Å². The smallest absolute Gasteiger partial charge is 0.330 e. The number of carbonyl (C=O) groups excluding carboxylic acids is 3. The third-order valence-corrected chi connectivity index (χ3v) is 6.90. The maximum absolute atomic E-state index is 13.6. The van der Waals surface area contributed by atoms with Crippen LogP contribution in [0.25, 0.3) is 0 Å². The van der Waals surface area contributed by atoms with Gasteiger partial charge in [-0.05, 0) is 46.5 Å². The van der Waals surface area contributed by atoms with E-state index in [0.717, 1.165) is 25.7 Å². The fraction of sp³-hybridized carbons (Fsp3) is 0.760. The molecule has 1 saturated carbocycles. The van der Waals surface area contributed by atoms with E-state index in [1.807, 2.05) is 12.2 Å². The molecule has 1 aliphatic carbocycles. The molecule has 0 aromatic carbocycles. The number of aliphatic carboxylic acids is 1. The van der Waals surface area contributed by atoms with Gasteiger partial charge < -0.3 is 24.8 Å². The largest absolute Gasteiger partial charge is 0.479 e. The number of nitrogens with one attached hydrogen (secondary N) is 1. The van der Waals surface area contributed by atoms with Gasteiger partial charge in [-0.1, -0.05) is 25.0 Å². The molecule has 3 aliphatic rings. The standard InChI is InChI=1S/C25H38N2O7/c1-24(2,3)34-20(28)12-16-10-8-6-5-7-9-11-17-14-25(17,23(31)32)26-21(29)19-13-18(33-4)15-27(19)22(16)30/h9,11,16-19H,5-8,10,12-15H2,1-4H3,(H,26,29)(H,31,32)/b11-9-/t16-,17-,18-,19+,25-/m1/s1. The number of carboxylic acids is 1. The van der Waals surface area contributed by atoms with Gasteiger partial charge in [-0.3, -0.25) is 14.4 Å². The van der Waals surface area contributed by atoms with E-state index in [1.165, 1.54) is 12.0 Å². The molecule has 2 aliphatic heterocycles. The lowest BCUT2D eigenvalue weighted by Crippen LogP contribution is -2.53. The number of rotatable bonds is 4. The summed E-state index contributed by atoms with van der Waals surface area (Å²) in [4.78, 5) is 53.0. The second kappa shape index (κ2) is 10.5. The van der Waals surface area contributed by atoms with Crippen LogP contribution in [-0.2, 0) is 28.7 Å². The van der Waals surface area contributed by atoms with Crippen LogP contribution in [0.1, 0.15) is 72.1 Å². The van der Waals surface area contributed by atoms with Crippen molar-refractivity contribution in [1.29, 1.82) is 0 Å². The van der Waals surface area contributed by atoms with E-state index in [1.54, 1.807) is 20.8 Å². The van der Waals surface area contributed by atoms with Gasteiger partial charge in [0, 0.05) is 31.9 Å². The minimum atomic E-state index is -1.33. The van der Waals surface area contributed by atoms with Gasteiger partial charge in [0.15, 0.2) is 0 Å². The maximum atomic E-state index is 13.6. The molecule has 0 bridgehead atoms. The van der Waals surface area contributed by atoms with Gasteiger partial charge in [0.1, 0.15) is 17.2 Å². The Balaban J connectivity index is 1.85. The number of hydrogen-bond acceptors (Lipinski definition) is 6. The van der Waals surface area contributed by atoms with Crippen molar-refractivity contribution >= 4 is 23.8 Å². The van der Waals surface area contributed by atoms with Crippen molar-refractivity contribution in [3.05, 3.63) is 12.2 Å². The summed E-state index contributed by atoms with van der Waals surface area (Å²) in [6, 6.07) is -0.842. The van der Waals surface area contributed by atoms with Crippen molar-refractivity contribution in [2.45, 2.75) is 95.4 Å². The molecule has 2 heterocycles. The number of allylic oxidation sites excluding steroid dienone is 1. The topological polar surface area (TPSA) is 122 Å². The summed E-state index contributed by atoms with van der Waals surface area (Å²) in [5.74, 6) is -3.15. The molecule has 2 amide bonds. The van der Waals surface area contributed by atoms with Gasteiger partial charge in [0.05, 0.1) is 12.5 Å². The zero-order valence-electron chi connectivity index (χ0n) is 20.7. The van der Waals surface area contributed by atoms with Crippen molar-refractivity contribution in [3.63, 3.8) is 0 Å². The summed E-state index contributed by atoms with van der Waals surface area (Å²) < 4.78 is 10.9. The lowest BCUT2D eigenvalue weighted by atomic mass is 9.95. The Hall–Kier alpha value is -2.42. The summed E-state index contributed by atoms with van der Waals surface area (Å²) in [6.07, 6.45) is 7.97. The first-order valence-electron chi connectivity index (χ1n) is 12.2. The Bertz CT molecular complexity index is 834. The summed E-state index contributed by atoms with van der Waals surface area (Å²) in [5, 5.41) is 12.6. The van der Waals surface area contributed by atoms with E-state index in [-0.39, 0.29) is 37.3 Å².